The molecule has 0 bridgehead atoms. The van der Waals surface area contributed by atoms with Crippen LogP contribution in [0.2, 0.25) is 0 Å². The van der Waals surface area contributed by atoms with Crippen molar-refractivity contribution < 1.29 is 14.6 Å². The molecule has 0 radical (unpaired) electrons. The first-order chi connectivity index (χ1) is 9.54. The first-order valence-corrected chi connectivity index (χ1v) is 7.34. The van der Waals surface area contributed by atoms with Gasteiger partial charge in [0.25, 0.3) is 0 Å². The third-order valence-corrected chi connectivity index (χ3v) is 4.28. The summed E-state index contributed by atoms with van der Waals surface area (Å²) in [5.74, 6) is -0.253. The molecule has 1 saturated carbocycles. The molecule has 112 valence electrons. The fourth-order valence-electron chi connectivity index (χ4n) is 3.05. The van der Waals surface area contributed by atoms with Crippen LogP contribution >= 0.6 is 0 Å². The minimum absolute atomic E-state index is 0.0302. The van der Waals surface area contributed by atoms with Gasteiger partial charge in [0.2, 0.25) is 0 Å². The Morgan fingerprint density at radius 2 is 2.05 bits per heavy atom. The maximum atomic E-state index is 11.5. The molecule has 1 N–H and O–H groups in total. The summed E-state index contributed by atoms with van der Waals surface area (Å²) in [5.41, 5.74) is 2.75. The number of aryl methyl sites for hydroxylation is 1. The third kappa shape index (κ3) is 3.03. The second kappa shape index (κ2) is 6.39. The highest BCUT2D eigenvalue weighted by molar-refractivity contribution is 5.73. The molecule has 0 saturated heterocycles. The van der Waals surface area contributed by atoms with E-state index in [-0.39, 0.29) is 24.5 Å². The lowest BCUT2D eigenvalue weighted by molar-refractivity contribution is -0.139. The summed E-state index contributed by atoms with van der Waals surface area (Å²) in [4.78, 5) is 11.5. The van der Waals surface area contributed by atoms with E-state index < -0.39 is 0 Å². The molecule has 0 amide bonds. The van der Waals surface area contributed by atoms with E-state index in [2.05, 4.69) is 5.10 Å². The number of carbonyl (C=O) groups excluding carboxylic acids is 1. The van der Waals surface area contributed by atoms with Gasteiger partial charge in [0.05, 0.1) is 31.4 Å². The number of methoxy groups -OCH3 is 1. The second-order valence-corrected chi connectivity index (χ2v) is 5.62. The predicted molar refractivity (Wildman–Crippen MR) is 75.5 cm³/mol. The number of esters is 1. The van der Waals surface area contributed by atoms with E-state index in [9.17, 15) is 9.90 Å². The number of aromatic nitrogens is 2. The average molecular weight is 280 g/mol. The van der Waals surface area contributed by atoms with E-state index in [1.54, 1.807) is 0 Å². The van der Waals surface area contributed by atoms with E-state index in [0.29, 0.717) is 0 Å². The molecule has 1 aliphatic carbocycles. The SMILES string of the molecule is COC(=O)Cc1c(C)nn(C2CCCCCC2O)c1C. The lowest BCUT2D eigenvalue weighted by Crippen LogP contribution is -2.25. The predicted octanol–water partition coefficient (Wildman–Crippen LogP) is 2.08. The van der Waals surface area contributed by atoms with Gasteiger partial charge in [-0.25, -0.2) is 0 Å². The van der Waals surface area contributed by atoms with Crippen LogP contribution in [0.4, 0.5) is 0 Å². The van der Waals surface area contributed by atoms with Crippen LogP contribution in [0.3, 0.4) is 0 Å². The first-order valence-electron chi connectivity index (χ1n) is 7.34. The van der Waals surface area contributed by atoms with E-state index in [4.69, 9.17) is 4.74 Å². The summed E-state index contributed by atoms with van der Waals surface area (Å²) in [6.07, 6.45) is 5.04. The van der Waals surface area contributed by atoms with Crippen LogP contribution in [0.25, 0.3) is 0 Å². The van der Waals surface area contributed by atoms with E-state index in [1.807, 2.05) is 18.5 Å². The summed E-state index contributed by atoms with van der Waals surface area (Å²) in [6.45, 7) is 3.88. The number of nitrogens with zero attached hydrogens (tertiary/aromatic N) is 2. The molecule has 0 aliphatic heterocycles. The van der Waals surface area contributed by atoms with Crippen molar-refractivity contribution in [2.24, 2.45) is 0 Å². The van der Waals surface area contributed by atoms with Crippen LogP contribution in [-0.2, 0) is 16.0 Å². The van der Waals surface area contributed by atoms with Crippen molar-refractivity contribution in [1.29, 1.82) is 0 Å². The van der Waals surface area contributed by atoms with Crippen molar-refractivity contribution in [3.05, 3.63) is 17.0 Å². The molecule has 0 spiro atoms. The zero-order valence-electron chi connectivity index (χ0n) is 12.6. The number of hydrogen-bond donors (Lipinski definition) is 1. The van der Waals surface area contributed by atoms with Crippen LogP contribution in [-0.4, -0.2) is 34.1 Å². The van der Waals surface area contributed by atoms with Crippen molar-refractivity contribution in [3.63, 3.8) is 0 Å². The first kappa shape index (κ1) is 15.0. The van der Waals surface area contributed by atoms with Crippen LogP contribution in [0, 0.1) is 13.8 Å². The van der Waals surface area contributed by atoms with Crippen molar-refractivity contribution in [3.8, 4) is 0 Å². The molecule has 1 fully saturated rings. The van der Waals surface area contributed by atoms with Gasteiger partial charge in [0.15, 0.2) is 0 Å². The fourth-order valence-corrected chi connectivity index (χ4v) is 3.05. The Kier molecular flexibility index (Phi) is 4.81. The lowest BCUT2D eigenvalue weighted by Gasteiger charge is -2.22. The summed E-state index contributed by atoms with van der Waals surface area (Å²) in [6, 6.07) is 0.0302. The Labute approximate surface area is 119 Å². The van der Waals surface area contributed by atoms with E-state index in [0.717, 1.165) is 42.6 Å². The number of ether oxygens (including phenoxy) is 1. The van der Waals surface area contributed by atoms with Crippen molar-refractivity contribution >= 4 is 5.97 Å². The summed E-state index contributed by atoms with van der Waals surface area (Å²) in [5, 5.41) is 14.9. The molecule has 2 unspecified atom stereocenters. The summed E-state index contributed by atoms with van der Waals surface area (Å²) >= 11 is 0. The van der Waals surface area contributed by atoms with Crippen LogP contribution in [0.15, 0.2) is 0 Å². The van der Waals surface area contributed by atoms with Crippen molar-refractivity contribution in [2.75, 3.05) is 7.11 Å². The molecule has 5 nitrogen and oxygen atoms in total. The number of aliphatic hydroxyl groups excluding tert-OH is 1. The Balaban J connectivity index is 2.28. The van der Waals surface area contributed by atoms with Gasteiger partial charge in [0, 0.05) is 11.3 Å². The second-order valence-electron chi connectivity index (χ2n) is 5.62. The molecule has 1 aromatic rings. The molecule has 1 heterocycles. The zero-order chi connectivity index (χ0) is 14.7. The molecule has 20 heavy (non-hydrogen) atoms. The number of rotatable bonds is 3. The van der Waals surface area contributed by atoms with E-state index in [1.165, 1.54) is 13.5 Å². The van der Waals surface area contributed by atoms with Gasteiger partial charge in [-0.3, -0.25) is 9.48 Å². The Morgan fingerprint density at radius 1 is 1.35 bits per heavy atom. The van der Waals surface area contributed by atoms with Crippen molar-refractivity contribution in [2.45, 2.75) is 64.5 Å². The molecule has 1 aromatic heterocycles. The molecule has 0 aromatic carbocycles. The van der Waals surface area contributed by atoms with Gasteiger partial charge in [0.1, 0.15) is 0 Å². The Morgan fingerprint density at radius 3 is 2.75 bits per heavy atom. The van der Waals surface area contributed by atoms with Gasteiger partial charge in [-0.05, 0) is 26.7 Å². The van der Waals surface area contributed by atoms with Crippen LogP contribution in [0.5, 0.6) is 0 Å². The summed E-state index contributed by atoms with van der Waals surface area (Å²) in [7, 11) is 1.40. The monoisotopic (exact) mass is 280 g/mol. The largest absolute Gasteiger partial charge is 0.469 e. The molecule has 2 atom stereocenters. The molecule has 2 rings (SSSR count). The highest BCUT2D eigenvalue weighted by atomic mass is 16.5. The normalized spacial score (nSPS) is 23.4. The van der Waals surface area contributed by atoms with Gasteiger partial charge in [-0.1, -0.05) is 19.3 Å². The maximum Gasteiger partial charge on any atom is 0.310 e. The van der Waals surface area contributed by atoms with Crippen LogP contribution in [0.1, 0.15) is 55.1 Å². The number of carbonyl (C=O) groups is 1. The molecule has 1 aliphatic rings. The molecule has 5 heteroatoms. The highest BCUT2D eigenvalue weighted by Crippen LogP contribution is 2.30. The minimum Gasteiger partial charge on any atom is -0.469 e. The quantitative estimate of drug-likeness (QED) is 0.680. The third-order valence-electron chi connectivity index (χ3n) is 4.28. The van der Waals surface area contributed by atoms with Gasteiger partial charge in [-0.15, -0.1) is 0 Å². The topological polar surface area (TPSA) is 64.3 Å². The average Bonchev–Trinajstić information content (AvgIpc) is 2.60. The minimum atomic E-state index is -0.346. The van der Waals surface area contributed by atoms with E-state index >= 15 is 0 Å². The Bertz CT molecular complexity index is 482. The van der Waals surface area contributed by atoms with Gasteiger partial charge in [-0.2, -0.15) is 5.10 Å². The zero-order valence-corrected chi connectivity index (χ0v) is 12.6. The van der Waals surface area contributed by atoms with Crippen molar-refractivity contribution in [1.82, 2.24) is 9.78 Å². The standard InChI is InChI=1S/C15H24N2O3/c1-10-12(9-15(19)20-3)11(2)17(16-10)13-7-5-4-6-8-14(13)18/h13-14,18H,4-9H2,1-3H3. The summed E-state index contributed by atoms with van der Waals surface area (Å²) < 4.78 is 6.65. The number of aliphatic hydroxyl groups is 1. The Hall–Kier alpha value is -1.36. The number of hydrogen-bond acceptors (Lipinski definition) is 4. The smallest absolute Gasteiger partial charge is 0.310 e. The highest BCUT2D eigenvalue weighted by Gasteiger charge is 2.27. The molecular weight excluding hydrogens is 256 g/mol. The van der Waals surface area contributed by atoms with Crippen LogP contribution < -0.4 is 0 Å². The fraction of sp³-hybridized carbons (Fsp3) is 0.733. The van der Waals surface area contributed by atoms with Gasteiger partial charge < -0.3 is 9.84 Å². The lowest BCUT2D eigenvalue weighted by atomic mass is 10.1. The van der Waals surface area contributed by atoms with Gasteiger partial charge >= 0.3 is 5.97 Å². The molecular formula is C15H24N2O3. The maximum absolute atomic E-state index is 11.5.